The van der Waals surface area contributed by atoms with Crippen LogP contribution in [0, 0.1) is 18.6 Å². The number of nitrogens with zero attached hydrogens (tertiary/aromatic N) is 3. The van der Waals surface area contributed by atoms with E-state index in [1.807, 2.05) is 20.8 Å². The molecule has 0 unspecified atom stereocenters. The number of hydrogen-bond donors (Lipinski definition) is 1. The monoisotopic (exact) mass is 454 g/mol. The lowest BCUT2D eigenvalue weighted by molar-refractivity contribution is 0.394. The van der Waals surface area contributed by atoms with Gasteiger partial charge in [0.25, 0.3) is 0 Å². The number of pyridine rings is 1. The van der Waals surface area contributed by atoms with Gasteiger partial charge in [0.2, 0.25) is 11.7 Å². The number of aryl methyl sites for hydroxylation is 1. The van der Waals surface area contributed by atoms with E-state index >= 15 is 0 Å². The molecule has 1 N–H and O–H groups in total. The van der Waals surface area contributed by atoms with Gasteiger partial charge in [0, 0.05) is 48.0 Å². The van der Waals surface area contributed by atoms with Crippen LogP contribution in [0.15, 0.2) is 28.9 Å². The molecule has 2 heterocycles. The van der Waals surface area contributed by atoms with E-state index in [1.165, 1.54) is 18.3 Å². The smallest absolute Gasteiger partial charge is 0.223 e. The van der Waals surface area contributed by atoms with E-state index in [9.17, 15) is 13.3 Å². The van der Waals surface area contributed by atoms with Crippen molar-refractivity contribution in [2.24, 2.45) is 0 Å². The molecule has 10 heteroatoms. The number of benzene rings is 1. The van der Waals surface area contributed by atoms with E-state index in [-0.39, 0.29) is 34.4 Å². The Morgan fingerprint density at radius 1 is 1.20 bits per heavy atom. The minimum atomic E-state index is -1.26. The Morgan fingerprint density at radius 2 is 1.93 bits per heavy atom. The Balaban J connectivity index is 1.88. The van der Waals surface area contributed by atoms with Gasteiger partial charge in [0.1, 0.15) is 16.4 Å². The van der Waals surface area contributed by atoms with E-state index in [2.05, 4.69) is 19.8 Å². The number of halogens is 3. The fourth-order valence-electron chi connectivity index (χ4n) is 2.71. The van der Waals surface area contributed by atoms with Gasteiger partial charge in [-0.25, -0.2) is 8.78 Å². The molecule has 0 aliphatic rings. The zero-order valence-corrected chi connectivity index (χ0v) is 18.5. The third-order valence-electron chi connectivity index (χ3n) is 4.19. The predicted molar refractivity (Wildman–Crippen MR) is 112 cm³/mol. The summed E-state index contributed by atoms with van der Waals surface area (Å²) in [5.74, 6) is -0.914. The topological polar surface area (TPSA) is 86.9 Å². The van der Waals surface area contributed by atoms with Crippen LogP contribution >= 0.6 is 11.6 Å². The van der Waals surface area contributed by atoms with Crippen LogP contribution in [0.5, 0.6) is 0 Å². The van der Waals surface area contributed by atoms with Crippen molar-refractivity contribution in [2.75, 3.05) is 6.54 Å². The summed E-state index contributed by atoms with van der Waals surface area (Å²) in [6.07, 6.45) is 1.68. The molecule has 0 aliphatic carbocycles. The molecule has 0 radical (unpaired) electrons. The quantitative estimate of drug-likeness (QED) is 0.546. The second-order valence-electron chi connectivity index (χ2n) is 7.63. The molecule has 1 atom stereocenters. The molecular weight excluding hydrogens is 434 g/mol. The first-order chi connectivity index (χ1) is 14.1. The Labute approximate surface area is 181 Å². The molecule has 6 nitrogen and oxygen atoms in total. The minimum Gasteiger partial charge on any atom is -0.598 e. The van der Waals surface area contributed by atoms with Gasteiger partial charge in [0.15, 0.2) is 0 Å². The van der Waals surface area contributed by atoms with Gasteiger partial charge in [-0.2, -0.15) is 4.98 Å². The van der Waals surface area contributed by atoms with Crippen molar-refractivity contribution in [1.29, 1.82) is 0 Å². The van der Waals surface area contributed by atoms with E-state index in [4.69, 9.17) is 16.1 Å². The summed E-state index contributed by atoms with van der Waals surface area (Å²) in [5.41, 5.74) is 0.871. The first kappa shape index (κ1) is 22.6. The molecule has 30 heavy (non-hydrogen) atoms. The first-order valence-electron chi connectivity index (χ1n) is 9.16. The summed E-state index contributed by atoms with van der Waals surface area (Å²) in [6, 6.07) is 3.88. The van der Waals surface area contributed by atoms with Crippen molar-refractivity contribution in [3.05, 3.63) is 52.6 Å². The Hall–Kier alpha value is -2.07. The molecule has 3 aromatic rings. The second-order valence-corrected chi connectivity index (χ2v) is 10.1. The summed E-state index contributed by atoms with van der Waals surface area (Å²) in [7, 11) is 0. The maximum Gasteiger partial charge on any atom is 0.223 e. The zero-order chi connectivity index (χ0) is 22.1. The first-order valence-corrected chi connectivity index (χ1v) is 10.7. The summed E-state index contributed by atoms with van der Waals surface area (Å²) < 4.78 is 48.8. The van der Waals surface area contributed by atoms with Crippen molar-refractivity contribution >= 4 is 23.0 Å². The molecule has 2 aromatic heterocycles. The SMILES string of the molecule is Cc1nc(-c2c(F)cc(Cl)cc2-c2cnc(CCN[S@+]([O-])C(C)(C)C)c(F)c2)no1. The number of nitrogens with one attached hydrogen (secondary N) is 1. The third kappa shape index (κ3) is 5.15. The van der Waals surface area contributed by atoms with Crippen molar-refractivity contribution in [1.82, 2.24) is 19.8 Å². The standard InChI is InChI=1S/C20H21ClF2N4O2S/c1-11-26-19(27-29-11)18-14(8-13(21)9-16(18)23)12-7-15(22)17(24-10-12)5-6-25-30(28)20(2,3)4/h7-10,25H,5-6H2,1-4H3/t30-/m1/s1. The molecule has 1 aromatic carbocycles. The molecule has 0 saturated heterocycles. The van der Waals surface area contributed by atoms with Gasteiger partial charge in [-0.3, -0.25) is 4.98 Å². The number of aromatic nitrogens is 3. The summed E-state index contributed by atoms with van der Waals surface area (Å²) in [5, 5.41) is 3.90. The fraction of sp³-hybridized carbons (Fsp3) is 0.350. The number of rotatable bonds is 6. The zero-order valence-electron chi connectivity index (χ0n) is 16.9. The highest BCUT2D eigenvalue weighted by Crippen LogP contribution is 2.35. The molecule has 0 bridgehead atoms. The molecule has 0 spiro atoms. The lowest BCUT2D eigenvalue weighted by Gasteiger charge is -2.23. The average Bonchev–Trinajstić information content (AvgIpc) is 3.07. The van der Waals surface area contributed by atoms with E-state index in [1.54, 1.807) is 6.92 Å². The number of hydrogen-bond acceptors (Lipinski definition) is 6. The van der Waals surface area contributed by atoms with Crippen LogP contribution in [0.3, 0.4) is 0 Å². The summed E-state index contributed by atoms with van der Waals surface area (Å²) in [4.78, 5) is 8.23. The van der Waals surface area contributed by atoms with Crippen molar-refractivity contribution in [2.45, 2.75) is 38.9 Å². The molecule has 0 aliphatic heterocycles. The molecule has 3 rings (SSSR count). The van der Waals surface area contributed by atoms with Gasteiger partial charge < -0.3 is 9.08 Å². The molecule has 160 valence electrons. The van der Waals surface area contributed by atoms with Gasteiger partial charge in [-0.05, 0) is 44.5 Å². The summed E-state index contributed by atoms with van der Waals surface area (Å²) in [6.45, 7) is 7.41. The van der Waals surface area contributed by atoms with E-state index < -0.39 is 27.7 Å². The highest BCUT2D eigenvalue weighted by atomic mass is 35.5. The van der Waals surface area contributed by atoms with Gasteiger partial charge in [-0.15, -0.1) is 4.72 Å². The van der Waals surface area contributed by atoms with Crippen LogP contribution in [0.1, 0.15) is 32.4 Å². The Morgan fingerprint density at radius 3 is 2.53 bits per heavy atom. The minimum absolute atomic E-state index is 0.0370. The van der Waals surface area contributed by atoms with Crippen molar-refractivity contribution in [3.63, 3.8) is 0 Å². The van der Waals surface area contributed by atoms with Crippen LogP contribution in [0.2, 0.25) is 5.02 Å². The molecular formula is C20H21ClF2N4O2S. The molecule has 0 amide bonds. The normalized spacial score (nSPS) is 12.9. The fourth-order valence-corrected chi connectivity index (χ4v) is 3.63. The second kappa shape index (κ2) is 8.97. The third-order valence-corrected chi connectivity index (χ3v) is 5.98. The largest absolute Gasteiger partial charge is 0.598 e. The molecule has 0 fully saturated rings. The lowest BCUT2D eigenvalue weighted by Crippen LogP contribution is -2.40. The van der Waals surface area contributed by atoms with Crippen molar-refractivity contribution < 1.29 is 17.9 Å². The highest BCUT2D eigenvalue weighted by Gasteiger charge is 2.26. The van der Waals surface area contributed by atoms with Crippen molar-refractivity contribution in [3.8, 4) is 22.5 Å². The van der Waals surface area contributed by atoms with Gasteiger partial charge in [-0.1, -0.05) is 16.8 Å². The van der Waals surface area contributed by atoms with Gasteiger partial charge >= 0.3 is 0 Å². The van der Waals surface area contributed by atoms with Crippen LogP contribution in [0.25, 0.3) is 22.5 Å². The van der Waals surface area contributed by atoms with Crippen LogP contribution in [-0.2, 0) is 17.8 Å². The average molecular weight is 455 g/mol. The Bertz CT molecular complexity index is 1060. The van der Waals surface area contributed by atoms with E-state index in [0.29, 0.717) is 17.7 Å². The van der Waals surface area contributed by atoms with Crippen LogP contribution < -0.4 is 4.72 Å². The van der Waals surface area contributed by atoms with Crippen LogP contribution in [0.4, 0.5) is 8.78 Å². The summed E-state index contributed by atoms with van der Waals surface area (Å²) >= 11 is 4.76. The van der Waals surface area contributed by atoms with Gasteiger partial charge in [0.05, 0.1) is 11.3 Å². The maximum absolute atomic E-state index is 14.7. The maximum atomic E-state index is 14.7. The van der Waals surface area contributed by atoms with Crippen LogP contribution in [-0.4, -0.2) is 31.0 Å². The highest BCUT2D eigenvalue weighted by molar-refractivity contribution is 7.90. The lowest BCUT2D eigenvalue weighted by atomic mass is 9.99. The van der Waals surface area contributed by atoms with E-state index in [0.717, 1.165) is 6.07 Å². The molecule has 0 saturated carbocycles. The predicted octanol–water partition coefficient (Wildman–Crippen LogP) is 4.63. The Kier molecular flexibility index (Phi) is 6.76.